The molecule has 0 bridgehead atoms. The molecule has 0 amide bonds. The number of nitrogens with zero attached hydrogens (tertiary/aromatic N) is 1. The Morgan fingerprint density at radius 1 is 1.39 bits per heavy atom. The molecular formula is C15H20BrNO. The number of ketones is 1. The van der Waals surface area contributed by atoms with Crippen LogP contribution in [0, 0.1) is 5.92 Å². The molecule has 0 spiro atoms. The summed E-state index contributed by atoms with van der Waals surface area (Å²) in [6, 6.07) is 7.64. The summed E-state index contributed by atoms with van der Waals surface area (Å²) in [5.74, 6) is 1.03. The van der Waals surface area contributed by atoms with Gasteiger partial charge < -0.3 is 4.90 Å². The van der Waals surface area contributed by atoms with Crippen LogP contribution < -0.4 is 0 Å². The molecule has 2 nitrogen and oxygen atoms in total. The zero-order valence-corrected chi connectivity index (χ0v) is 12.4. The smallest absolute Gasteiger partial charge is 0.164 e. The van der Waals surface area contributed by atoms with Gasteiger partial charge in [0, 0.05) is 29.5 Å². The zero-order chi connectivity index (χ0) is 13.0. The second-order valence-corrected chi connectivity index (χ2v) is 6.14. The first-order chi connectivity index (χ1) is 8.65. The first-order valence-electron chi connectivity index (χ1n) is 6.66. The Kier molecular flexibility index (Phi) is 4.95. The number of carbonyl (C=O) groups is 1. The first-order valence-corrected chi connectivity index (χ1v) is 7.45. The monoisotopic (exact) mass is 309 g/mol. The van der Waals surface area contributed by atoms with Gasteiger partial charge in [-0.25, -0.2) is 0 Å². The predicted molar refractivity (Wildman–Crippen MR) is 77.9 cm³/mol. The lowest BCUT2D eigenvalue weighted by Gasteiger charge is -2.30. The molecule has 0 N–H and O–H groups in total. The maximum atomic E-state index is 12.0. The van der Waals surface area contributed by atoms with Gasteiger partial charge >= 0.3 is 0 Å². The molecule has 0 aromatic heterocycles. The van der Waals surface area contributed by atoms with Crippen LogP contribution >= 0.6 is 15.9 Å². The topological polar surface area (TPSA) is 20.3 Å². The van der Waals surface area contributed by atoms with E-state index in [1.807, 2.05) is 24.3 Å². The van der Waals surface area contributed by atoms with Crippen molar-refractivity contribution in [2.75, 3.05) is 19.6 Å². The van der Waals surface area contributed by atoms with Gasteiger partial charge in [0.2, 0.25) is 0 Å². The minimum Gasteiger partial charge on any atom is -0.303 e. The lowest BCUT2D eigenvalue weighted by atomic mass is 9.99. The second kappa shape index (κ2) is 6.48. The molecular weight excluding hydrogens is 290 g/mol. The van der Waals surface area contributed by atoms with Crippen LogP contribution in [0.2, 0.25) is 0 Å². The molecule has 3 heteroatoms. The molecule has 0 aliphatic carbocycles. The van der Waals surface area contributed by atoms with Crippen molar-refractivity contribution in [3.05, 3.63) is 34.3 Å². The van der Waals surface area contributed by atoms with Crippen molar-refractivity contribution < 1.29 is 4.79 Å². The highest BCUT2D eigenvalue weighted by Crippen LogP contribution is 2.16. The molecule has 1 aromatic carbocycles. The maximum absolute atomic E-state index is 12.0. The van der Waals surface area contributed by atoms with Crippen LogP contribution in [0.4, 0.5) is 0 Å². The molecule has 1 saturated heterocycles. The summed E-state index contributed by atoms with van der Waals surface area (Å²) in [5.41, 5.74) is 0.822. The van der Waals surface area contributed by atoms with Crippen molar-refractivity contribution in [2.24, 2.45) is 5.92 Å². The van der Waals surface area contributed by atoms with Crippen molar-refractivity contribution in [1.82, 2.24) is 4.90 Å². The summed E-state index contributed by atoms with van der Waals surface area (Å²) in [6.07, 6.45) is 3.24. The van der Waals surface area contributed by atoms with Crippen molar-refractivity contribution in [3.8, 4) is 0 Å². The SMILES string of the molecule is C[C@@H]1CCCN(CCC(=O)c2ccc(Br)cc2)C1. The minimum absolute atomic E-state index is 0.251. The minimum atomic E-state index is 0.251. The van der Waals surface area contributed by atoms with E-state index in [4.69, 9.17) is 0 Å². The Labute approximate surface area is 117 Å². The number of benzene rings is 1. The van der Waals surface area contributed by atoms with Crippen LogP contribution in [0.5, 0.6) is 0 Å². The second-order valence-electron chi connectivity index (χ2n) is 5.23. The van der Waals surface area contributed by atoms with Gasteiger partial charge in [0.15, 0.2) is 5.78 Å². The molecule has 1 aromatic rings. The van der Waals surface area contributed by atoms with Crippen LogP contribution in [0.1, 0.15) is 36.5 Å². The lowest BCUT2D eigenvalue weighted by Crippen LogP contribution is -2.35. The highest BCUT2D eigenvalue weighted by molar-refractivity contribution is 9.10. The van der Waals surface area contributed by atoms with Gasteiger partial charge in [0.1, 0.15) is 0 Å². The standard InChI is InChI=1S/C15H20BrNO/c1-12-3-2-9-17(11-12)10-8-15(18)13-4-6-14(16)7-5-13/h4-7,12H,2-3,8-11H2,1H3/t12-/m1/s1. The Hall–Kier alpha value is -0.670. The number of hydrogen-bond acceptors (Lipinski definition) is 2. The average Bonchev–Trinajstić information content (AvgIpc) is 2.37. The molecule has 2 rings (SSSR count). The molecule has 18 heavy (non-hydrogen) atoms. The molecule has 1 fully saturated rings. The molecule has 0 unspecified atom stereocenters. The van der Waals surface area contributed by atoms with E-state index in [2.05, 4.69) is 27.8 Å². The number of halogens is 1. The first kappa shape index (κ1) is 13.8. The Bertz CT molecular complexity index is 401. The number of rotatable bonds is 4. The predicted octanol–water partition coefficient (Wildman–Crippen LogP) is 3.75. The van der Waals surface area contributed by atoms with Gasteiger partial charge in [-0.1, -0.05) is 35.0 Å². The summed E-state index contributed by atoms with van der Waals surface area (Å²) >= 11 is 3.38. The van der Waals surface area contributed by atoms with E-state index in [0.717, 1.165) is 35.6 Å². The Morgan fingerprint density at radius 2 is 2.11 bits per heavy atom. The van der Waals surface area contributed by atoms with Gasteiger partial charge in [-0.15, -0.1) is 0 Å². The number of likely N-dealkylation sites (tertiary alicyclic amines) is 1. The normalized spacial score (nSPS) is 20.9. The lowest BCUT2D eigenvalue weighted by molar-refractivity contribution is 0.0949. The number of piperidine rings is 1. The van der Waals surface area contributed by atoms with Gasteiger partial charge in [-0.05, 0) is 37.4 Å². The molecule has 1 atom stereocenters. The molecule has 1 aliphatic heterocycles. The molecule has 0 radical (unpaired) electrons. The summed E-state index contributed by atoms with van der Waals surface area (Å²) in [6.45, 7) is 5.49. The Balaban J connectivity index is 1.82. The van der Waals surface area contributed by atoms with Crippen LogP contribution in [0.25, 0.3) is 0 Å². The van der Waals surface area contributed by atoms with Gasteiger partial charge in [-0.3, -0.25) is 4.79 Å². The van der Waals surface area contributed by atoms with Crippen LogP contribution in [0.15, 0.2) is 28.7 Å². The molecule has 98 valence electrons. The highest BCUT2D eigenvalue weighted by atomic mass is 79.9. The number of Topliss-reactive ketones (excluding diaryl/α,β-unsaturated/α-hetero) is 1. The van der Waals surface area contributed by atoms with Gasteiger partial charge in [0.05, 0.1) is 0 Å². The fourth-order valence-electron chi connectivity index (χ4n) is 2.53. The molecule has 0 saturated carbocycles. The molecule has 1 heterocycles. The third-order valence-electron chi connectivity index (χ3n) is 3.56. The van der Waals surface area contributed by atoms with Gasteiger partial charge in [0.25, 0.3) is 0 Å². The van der Waals surface area contributed by atoms with E-state index in [9.17, 15) is 4.79 Å². The van der Waals surface area contributed by atoms with E-state index < -0.39 is 0 Å². The van der Waals surface area contributed by atoms with E-state index in [1.54, 1.807) is 0 Å². The largest absolute Gasteiger partial charge is 0.303 e. The third-order valence-corrected chi connectivity index (χ3v) is 4.09. The van der Waals surface area contributed by atoms with E-state index >= 15 is 0 Å². The summed E-state index contributed by atoms with van der Waals surface area (Å²) < 4.78 is 1.02. The summed E-state index contributed by atoms with van der Waals surface area (Å²) in [7, 11) is 0. The fourth-order valence-corrected chi connectivity index (χ4v) is 2.79. The van der Waals surface area contributed by atoms with Gasteiger partial charge in [-0.2, -0.15) is 0 Å². The van der Waals surface area contributed by atoms with Crippen molar-refractivity contribution in [2.45, 2.75) is 26.2 Å². The summed E-state index contributed by atoms with van der Waals surface area (Å²) in [4.78, 5) is 14.5. The van der Waals surface area contributed by atoms with Crippen molar-refractivity contribution >= 4 is 21.7 Å². The van der Waals surface area contributed by atoms with Crippen molar-refractivity contribution in [1.29, 1.82) is 0 Å². The quantitative estimate of drug-likeness (QED) is 0.789. The zero-order valence-electron chi connectivity index (χ0n) is 10.9. The van der Waals surface area contributed by atoms with Crippen LogP contribution in [-0.2, 0) is 0 Å². The van der Waals surface area contributed by atoms with Crippen molar-refractivity contribution in [3.63, 3.8) is 0 Å². The number of hydrogen-bond donors (Lipinski definition) is 0. The average molecular weight is 310 g/mol. The molecule has 1 aliphatic rings. The van der Waals surface area contributed by atoms with E-state index in [-0.39, 0.29) is 5.78 Å². The van der Waals surface area contributed by atoms with E-state index in [0.29, 0.717) is 6.42 Å². The Morgan fingerprint density at radius 3 is 2.78 bits per heavy atom. The fraction of sp³-hybridized carbons (Fsp3) is 0.533. The maximum Gasteiger partial charge on any atom is 0.164 e. The van der Waals surface area contributed by atoms with Crippen LogP contribution in [-0.4, -0.2) is 30.3 Å². The third kappa shape index (κ3) is 3.92. The van der Waals surface area contributed by atoms with E-state index in [1.165, 1.54) is 12.8 Å². The number of carbonyl (C=O) groups excluding carboxylic acids is 1. The summed E-state index contributed by atoms with van der Waals surface area (Å²) in [5, 5.41) is 0. The van der Waals surface area contributed by atoms with Crippen LogP contribution in [0.3, 0.4) is 0 Å². The highest BCUT2D eigenvalue weighted by Gasteiger charge is 2.17.